The SMILES string of the molecule is CC(=O)c1nn(Cc2ccccc2)cc1F. The number of carbonyl (C=O) groups is 1. The van der Waals surface area contributed by atoms with E-state index in [1.54, 1.807) is 0 Å². The van der Waals surface area contributed by atoms with Crippen molar-refractivity contribution in [2.24, 2.45) is 0 Å². The van der Waals surface area contributed by atoms with Gasteiger partial charge in [-0.25, -0.2) is 4.39 Å². The molecule has 0 aliphatic heterocycles. The summed E-state index contributed by atoms with van der Waals surface area (Å²) >= 11 is 0. The molecule has 0 saturated carbocycles. The maximum Gasteiger partial charge on any atom is 0.183 e. The number of hydrogen-bond donors (Lipinski definition) is 0. The van der Waals surface area contributed by atoms with Crippen molar-refractivity contribution in [1.82, 2.24) is 9.78 Å². The fraction of sp³-hybridized carbons (Fsp3) is 0.167. The first-order chi connectivity index (χ1) is 7.66. The van der Waals surface area contributed by atoms with Crippen molar-refractivity contribution in [1.29, 1.82) is 0 Å². The van der Waals surface area contributed by atoms with E-state index in [1.807, 2.05) is 30.3 Å². The zero-order chi connectivity index (χ0) is 11.5. The fourth-order valence-corrected chi connectivity index (χ4v) is 1.49. The van der Waals surface area contributed by atoms with Crippen LogP contribution in [0.2, 0.25) is 0 Å². The van der Waals surface area contributed by atoms with E-state index in [4.69, 9.17) is 0 Å². The summed E-state index contributed by atoms with van der Waals surface area (Å²) in [4.78, 5) is 11.0. The average Bonchev–Trinajstić information content (AvgIpc) is 2.61. The van der Waals surface area contributed by atoms with E-state index in [0.717, 1.165) is 5.56 Å². The third-order valence-corrected chi connectivity index (χ3v) is 2.24. The number of carbonyl (C=O) groups excluding carboxylic acids is 1. The van der Waals surface area contributed by atoms with Crippen molar-refractivity contribution >= 4 is 5.78 Å². The van der Waals surface area contributed by atoms with Crippen LogP contribution in [0, 0.1) is 5.82 Å². The predicted octanol–water partition coefficient (Wildman–Crippen LogP) is 2.27. The zero-order valence-corrected chi connectivity index (χ0v) is 8.85. The Bertz CT molecular complexity index is 505. The first-order valence-electron chi connectivity index (χ1n) is 4.94. The average molecular weight is 218 g/mol. The van der Waals surface area contributed by atoms with Gasteiger partial charge in [0.1, 0.15) is 0 Å². The molecule has 4 heteroatoms. The van der Waals surface area contributed by atoms with Gasteiger partial charge in [0, 0.05) is 6.92 Å². The highest BCUT2D eigenvalue weighted by molar-refractivity contribution is 5.92. The molecule has 0 N–H and O–H groups in total. The van der Waals surface area contributed by atoms with Crippen LogP contribution in [-0.4, -0.2) is 15.6 Å². The number of halogens is 1. The molecule has 0 unspecified atom stereocenters. The molecule has 3 nitrogen and oxygen atoms in total. The van der Waals surface area contributed by atoms with Gasteiger partial charge < -0.3 is 0 Å². The number of rotatable bonds is 3. The van der Waals surface area contributed by atoms with Crippen molar-refractivity contribution in [3.8, 4) is 0 Å². The van der Waals surface area contributed by atoms with Crippen LogP contribution in [0.1, 0.15) is 23.0 Å². The Balaban J connectivity index is 2.23. The molecule has 0 amide bonds. The lowest BCUT2D eigenvalue weighted by Gasteiger charge is -2.00. The summed E-state index contributed by atoms with van der Waals surface area (Å²) in [6.45, 7) is 1.77. The molecule has 1 aromatic heterocycles. The Hall–Kier alpha value is -1.97. The second-order valence-corrected chi connectivity index (χ2v) is 3.57. The van der Waals surface area contributed by atoms with Gasteiger partial charge in [-0.3, -0.25) is 9.48 Å². The van der Waals surface area contributed by atoms with E-state index in [2.05, 4.69) is 5.10 Å². The summed E-state index contributed by atoms with van der Waals surface area (Å²) in [6.07, 6.45) is 1.24. The van der Waals surface area contributed by atoms with E-state index in [9.17, 15) is 9.18 Å². The second-order valence-electron chi connectivity index (χ2n) is 3.57. The van der Waals surface area contributed by atoms with Gasteiger partial charge in [0.05, 0.1) is 12.7 Å². The van der Waals surface area contributed by atoms with Crippen molar-refractivity contribution in [3.05, 3.63) is 53.6 Å². The molecule has 16 heavy (non-hydrogen) atoms. The molecule has 0 atom stereocenters. The molecule has 1 heterocycles. The number of aromatic nitrogens is 2. The quantitative estimate of drug-likeness (QED) is 0.741. The molecule has 0 aliphatic rings. The Morgan fingerprint density at radius 3 is 2.62 bits per heavy atom. The maximum atomic E-state index is 13.3. The minimum Gasteiger partial charge on any atom is -0.293 e. The van der Waals surface area contributed by atoms with Crippen LogP contribution in [0.3, 0.4) is 0 Å². The lowest BCUT2D eigenvalue weighted by molar-refractivity contribution is 0.100. The van der Waals surface area contributed by atoms with E-state index < -0.39 is 5.82 Å². The van der Waals surface area contributed by atoms with E-state index in [-0.39, 0.29) is 11.5 Å². The van der Waals surface area contributed by atoms with Gasteiger partial charge in [-0.05, 0) is 5.56 Å². The van der Waals surface area contributed by atoms with Gasteiger partial charge in [-0.1, -0.05) is 30.3 Å². The third kappa shape index (κ3) is 2.16. The van der Waals surface area contributed by atoms with E-state index in [0.29, 0.717) is 6.54 Å². The molecular formula is C12H11FN2O. The van der Waals surface area contributed by atoms with Gasteiger partial charge in [-0.15, -0.1) is 0 Å². The van der Waals surface area contributed by atoms with E-state index in [1.165, 1.54) is 17.8 Å². The van der Waals surface area contributed by atoms with Gasteiger partial charge in [0.2, 0.25) is 0 Å². The van der Waals surface area contributed by atoms with Crippen LogP contribution in [-0.2, 0) is 6.54 Å². The normalized spacial score (nSPS) is 10.4. The van der Waals surface area contributed by atoms with Crippen molar-refractivity contribution < 1.29 is 9.18 Å². The first kappa shape index (κ1) is 10.5. The molecule has 0 radical (unpaired) electrons. The molecule has 0 bridgehead atoms. The number of Topliss-reactive ketones (excluding diaryl/α,β-unsaturated/α-hetero) is 1. The monoisotopic (exact) mass is 218 g/mol. The van der Waals surface area contributed by atoms with Gasteiger partial charge in [0.25, 0.3) is 0 Å². The summed E-state index contributed by atoms with van der Waals surface area (Å²) in [5, 5.41) is 3.90. The molecule has 2 aromatic rings. The van der Waals surface area contributed by atoms with Gasteiger partial charge in [-0.2, -0.15) is 5.10 Å². The fourth-order valence-electron chi connectivity index (χ4n) is 1.49. The number of benzene rings is 1. The lowest BCUT2D eigenvalue weighted by Crippen LogP contribution is -2.02. The number of ketones is 1. The van der Waals surface area contributed by atoms with Crippen molar-refractivity contribution in [2.75, 3.05) is 0 Å². The van der Waals surface area contributed by atoms with Crippen molar-refractivity contribution in [2.45, 2.75) is 13.5 Å². The standard InChI is InChI=1S/C12H11FN2O/c1-9(16)12-11(13)8-15(14-12)7-10-5-3-2-4-6-10/h2-6,8H,7H2,1H3. The van der Waals surface area contributed by atoms with Crippen LogP contribution < -0.4 is 0 Å². The summed E-state index contributed by atoms with van der Waals surface area (Å²) in [6, 6.07) is 9.57. The highest BCUT2D eigenvalue weighted by Crippen LogP contribution is 2.08. The third-order valence-electron chi connectivity index (χ3n) is 2.24. The van der Waals surface area contributed by atoms with Crippen LogP contribution in [0.25, 0.3) is 0 Å². The molecule has 82 valence electrons. The Labute approximate surface area is 92.5 Å². The molecule has 0 fully saturated rings. The Morgan fingerprint density at radius 1 is 1.38 bits per heavy atom. The second kappa shape index (κ2) is 4.26. The summed E-state index contributed by atoms with van der Waals surface area (Å²) in [5.74, 6) is -0.923. The maximum absolute atomic E-state index is 13.3. The highest BCUT2D eigenvalue weighted by atomic mass is 19.1. The van der Waals surface area contributed by atoms with E-state index >= 15 is 0 Å². The van der Waals surface area contributed by atoms with Gasteiger partial charge >= 0.3 is 0 Å². The molecular weight excluding hydrogens is 207 g/mol. The Kier molecular flexibility index (Phi) is 2.81. The zero-order valence-electron chi connectivity index (χ0n) is 8.85. The summed E-state index contributed by atoms with van der Waals surface area (Å²) in [7, 11) is 0. The molecule has 0 spiro atoms. The summed E-state index contributed by atoms with van der Waals surface area (Å²) in [5.41, 5.74) is 0.913. The Morgan fingerprint density at radius 2 is 2.06 bits per heavy atom. The number of hydrogen-bond acceptors (Lipinski definition) is 2. The minimum absolute atomic E-state index is 0.101. The molecule has 0 saturated heterocycles. The largest absolute Gasteiger partial charge is 0.293 e. The molecule has 0 aliphatic carbocycles. The van der Waals surface area contributed by atoms with Crippen LogP contribution in [0.5, 0.6) is 0 Å². The van der Waals surface area contributed by atoms with Crippen LogP contribution >= 0.6 is 0 Å². The molecule has 2 rings (SSSR count). The lowest BCUT2D eigenvalue weighted by atomic mass is 10.2. The van der Waals surface area contributed by atoms with Gasteiger partial charge in [0.15, 0.2) is 17.3 Å². The van der Waals surface area contributed by atoms with Crippen LogP contribution in [0.15, 0.2) is 36.5 Å². The topological polar surface area (TPSA) is 34.9 Å². The first-order valence-corrected chi connectivity index (χ1v) is 4.94. The number of nitrogens with zero attached hydrogens (tertiary/aromatic N) is 2. The van der Waals surface area contributed by atoms with Crippen molar-refractivity contribution in [3.63, 3.8) is 0 Å². The highest BCUT2D eigenvalue weighted by Gasteiger charge is 2.12. The molecule has 1 aromatic carbocycles. The van der Waals surface area contributed by atoms with Crippen LogP contribution in [0.4, 0.5) is 4.39 Å². The predicted molar refractivity (Wildman–Crippen MR) is 57.7 cm³/mol. The summed E-state index contributed by atoms with van der Waals surface area (Å²) < 4.78 is 14.7. The smallest absolute Gasteiger partial charge is 0.183 e. The minimum atomic E-state index is -0.566.